The van der Waals surface area contributed by atoms with Gasteiger partial charge in [-0.25, -0.2) is 8.42 Å². The molecule has 2 N–H and O–H groups in total. The Hall–Kier alpha value is -3.19. The number of anilines is 1. The number of hydrogen-bond acceptors (Lipinski definition) is 4. The largest absolute Gasteiger partial charge is 0.479 e. The molecule has 27 heavy (non-hydrogen) atoms. The SMILES string of the molecule is N#CCOc1cccc(NS(=O)(=O)c2c[nH]c3cc(C(F)(F)F)ccc23)c1. The van der Waals surface area contributed by atoms with Crippen molar-refractivity contribution in [2.24, 2.45) is 0 Å². The number of rotatable bonds is 5. The van der Waals surface area contributed by atoms with Gasteiger partial charge in [0.1, 0.15) is 16.7 Å². The maximum Gasteiger partial charge on any atom is 0.416 e. The molecule has 0 amide bonds. The minimum absolute atomic E-state index is 0.0521. The molecule has 3 aromatic rings. The summed E-state index contributed by atoms with van der Waals surface area (Å²) in [6.45, 7) is -0.194. The Morgan fingerprint density at radius 1 is 1.19 bits per heavy atom. The number of alkyl halides is 3. The molecular formula is C17H12F3N3O3S. The Bertz CT molecular complexity index is 1130. The first-order valence-electron chi connectivity index (χ1n) is 7.52. The molecule has 1 heterocycles. The molecule has 0 saturated heterocycles. The second-order valence-electron chi connectivity index (χ2n) is 5.49. The fourth-order valence-corrected chi connectivity index (χ4v) is 3.70. The first kappa shape index (κ1) is 18.6. The van der Waals surface area contributed by atoms with Crippen LogP contribution in [0.15, 0.2) is 53.6 Å². The lowest BCUT2D eigenvalue weighted by molar-refractivity contribution is -0.137. The first-order valence-corrected chi connectivity index (χ1v) is 9.00. The first-order chi connectivity index (χ1) is 12.7. The Morgan fingerprint density at radius 2 is 1.96 bits per heavy atom. The summed E-state index contributed by atoms with van der Waals surface area (Å²) in [5, 5.41) is 8.65. The molecule has 0 spiro atoms. The van der Waals surface area contributed by atoms with Crippen LogP contribution in [0.2, 0.25) is 0 Å². The minimum atomic E-state index is -4.53. The van der Waals surface area contributed by atoms with Crippen LogP contribution in [0, 0.1) is 11.3 Å². The highest BCUT2D eigenvalue weighted by Crippen LogP contribution is 2.33. The van der Waals surface area contributed by atoms with E-state index >= 15 is 0 Å². The zero-order valence-electron chi connectivity index (χ0n) is 13.5. The van der Waals surface area contributed by atoms with E-state index in [9.17, 15) is 21.6 Å². The molecule has 1 aromatic heterocycles. The smallest absolute Gasteiger partial charge is 0.416 e. The van der Waals surface area contributed by atoms with Crippen molar-refractivity contribution >= 4 is 26.6 Å². The number of nitriles is 1. The van der Waals surface area contributed by atoms with E-state index < -0.39 is 21.8 Å². The molecule has 0 bridgehead atoms. The number of aromatic amines is 1. The molecule has 140 valence electrons. The molecule has 0 unspecified atom stereocenters. The Balaban J connectivity index is 1.93. The Kier molecular flexibility index (Phi) is 4.72. The molecular weight excluding hydrogens is 383 g/mol. The van der Waals surface area contributed by atoms with E-state index in [0.717, 1.165) is 24.4 Å². The van der Waals surface area contributed by atoms with Gasteiger partial charge in [0.25, 0.3) is 10.0 Å². The van der Waals surface area contributed by atoms with Gasteiger partial charge in [-0.2, -0.15) is 18.4 Å². The van der Waals surface area contributed by atoms with Crippen molar-refractivity contribution in [1.82, 2.24) is 4.98 Å². The summed E-state index contributed by atoms with van der Waals surface area (Å²) >= 11 is 0. The number of fused-ring (bicyclic) bond motifs is 1. The van der Waals surface area contributed by atoms with Crippen LogP contribution in [0.1, 0.15) is 5.56 Å². The van der Waals surface area contributed by atoms with Gasteiger partial charge in [-0.3, -0.25) is 4.72 Å². The molecule has 0 fully saturated rings. The maximum absolute atomic E-state index is 12.8. The maximum atomic E-state index is 12.8. The number of aromatic nitrogens is 1. The molecule has 6 nitrogen and oxygen atoms in total. The molecule has 10 heteroatoms. The number of ether oxygens (including phenoxy) is 1. The number of H-pyrrole nitrogens is 1. The van der Waals surface area contributed by atoms with Crippen molar-refractivity contribution < 1.29 is 26.3 Å². The van der Waals surface area contributed by atoms with Crippen LogP contribution < -0.4 is 9.46 Å². The van der Waals surface area contributed by atoms with Crippen LogP contribution in [-0.4, -0.2) is 20.0 Å². The van der Waals surface area contributed by atoms with E-state index in [2.05, 4.69) is 9.71 Å². The quantitative estimate of drug-likeness (QED) is 0.685. The van der Waals surface area contributed by atoms with Crippen LogP contribution >= 0.6 is 0 Å². The fourth-order valence-electron chi connectivity index (χ4n) is 2.47. The standard InChI is InChI=1S/C17H12F3N3O3S/c18-17(19,20)11-4-5-14-15(8-11)22-10-16(14)27(24,25)23-12-2-1-3-13(9-12)26-7-6-21/h1-5,8-10,22-23H,7H2. The van der Waals surface area contributed by atoms with Crippen LogP contribution in [0.25, 0.3) is 10.9 Å². The summed E-state index contributed by atoms with van der Waals surface area (Å²) < 4.78 is 71.1. The topological polar surface area (TPSA) is 95.0 Å². The summed E-state index contributed by atoms with van der Waals surface area (Å²) in [6.07, 6.45) is -3.40. The van der Waals surface area contributed by atoms with Gasteiger partial charge in [0, 0.05) is 23.2 Å². The van der Waals surface area contributed by atoms with Gasteiger partial charge in [-0.15, -0.1) is 0 Å². The lowest BCUT2D eigenvalue weighted by Crippen LogP contribution is -2.12. The summed E-state index contributed by atoms with van der Waals surface area (Å²) in [5.41, 5.74) is -0.640. The summed E-state index contributed by atoms with van der Waals surface area (Å²) in [7, 11) is -4.07. The average molecular weight is 395 g/mol. The monoisotopic (exact) mass is 395 g/mol. The predicted molar refractivity (Wildman–Crippen MR) is 91.7 cm³/mol. The van der Waals surface area contributed by atoms with Gasteiger partial charge >= 0.3 is 6.18 Å². The fraction of sp³-hybridized carbons (Fsp3) is 0.118. The second-order valence-corrected chi connectivity index (χ2v) is 7.14. The van der Waals surface area contributed by atoms with Crippen molar-refractivity contribution in [3.8, 4) is 11.8 Å². The molecule has 0 radical (unpaired) electrons. The van der Waals surface area contributed by atoms with Gasteiger partial charge in [0.05, 0.1) is 11.3 Å². The van der Waals surface area contributed by atoms with Crippen LogP contribution in [0.4, 0.5) is 18.9 Å². The molecule has 0 aliphatic rings. The van der Waals surface area contributed by atoms with E-state index in [4.69, 9.17) is 10.00 Å². The predicted octanol–water partition coefficient (Wildman–Crippen LogP) is 3.89. The van der Waals surface area contributed by atoms with Gasteiger partial charge in [-0.05, 0) is 24.3 Å². The molecule has 0 aliphatic carbocycles. The third-order valence-corrected chi connectivity index (χ3v) is 5.07. The van der Waals surface area contributed by atoms with Crippen molar-refractivity contribution in [3.05, 3.63) is 54.2 Å². The van der Waals surface area contributed by atoms with Gasteiger partial charge in [-0.1, -0.05) is 12.1 Å². The molecule has 3 rings (SSSR count). The highest BCUT2D eigenvalue weighted by molar-refractivity contribution is 7.93. The third-order valence-electron chi connectivity index (χ3n) is 3.65. The third kappa shape index (κ3) is 3.98. The lowest BCUT2D eigenvalue weighted by Gasteiger charge is -2.09. The van der Waals surface area contributed by atoms with Crippen molar-refractivity contribution in [3.63, 3.8) is 0 Å². The Morgan fingerprint density at radius 3 is 2.67 bits per heavy atom. The highest BCUT2D eigenvalue weighted by atomic mass is 32.2. The molecule has 0 atom stereocenters. The number of benzene rings is 2. The zero-order chi connectivity index (χ0) is 19.7. The minimum Gasteiger partial charge on any atom is -0.479 e. The lowest BCUT2D eigenvalue weighted by atomic mass is 10.1. The second kappa shape index (κ2) is 6.85. The van der Waals surface area contributed by atoms with E-state index in [1.54, 1.807) is 12.1 Å². The number of sulfonamides is 1. The van der Waals surface area contributed by atoms with E-state index in [1.165, 1.54) is 18.2 Å². The summed E-state index contributed by atoms with van der Waals surface area (Å²) in [6, 6.07) is 10.5. The molecule has 0 aliphatic heterocycles. The van der Waals surface area contributed by atoms with E-state index in [-0.39, 0.29) is 28.1 Å². The van der Waals surface area contributed by atoms with Crippen molar-refractivity contribution in [2.45, 2.75) is 11.1 Å². The molecule has 2 aromatic carbocycles. The normalized spacial score (nSPS) is 11.9. The van der Waals surface area contributed by atoms with Crippen LogP contribution in [0.3, 0.4) is 0 Å². The highest BCUT2D eigenvalue weighted by Gasteiger charge is 2.31. The number of nitrogens with zero attached hydrogens (tertiary/aromatic N) is 1. The Labute approximate surface area is 152 Å². The average Bonchev–Trinajstić information content (AvgIpc) is 3.03. The van der Waals surface area contributed by atoms with E-state index in [1.807, 2.05) is 0 Å². The van der Waals surface area contributed by atoms with Gasteiger partial charge in [0.15, 0.2) is 6.61 Å². The zero-order valence-corrected chi connectivity index (χ0v) is 14.4. The van der Waals surface area contributed by atoms with Gasteiger partial charge in [0.2, 0.25) is 0 Å². The van der Waals surface area contributed by atoms with Crippen molar-refractivity contribution in [2.75, 3.05) is 11.3 Å². The summed E-state index contributed by atoms with van der Waals surface area (Å²) in [4.78, 5) is 2.37. The van der Waals surface area contributed by atoms with Crippen LogP contribution in [-0.2, 0) is 16.2 Å². The summed E-state index contributed by atoms with van der Waals surface area (Å²) in [5.74, 6) is 0.297. The van der Waals surface area contributed by atoms with Crippen LogP contribution in [0.5, 0.6) is 5.75 Å². The van der Waals surface area contributed by atoms with E-state index in [0.29, 0.717) is 5.75 Å². The van der Waals surface area contributed by atoms with Gasteiger partial charge < -0.3 is 9.72 Å². The van der Waals surface area contributed by atoms with Crippen molar-refractivity contribution in [1.29, 1.82) is 5.26 Å². The number of halogens is 3. The molecule has 0 saturated carbocycles. The number of hydrogen-bond donors (Lipinski definition) is 2. The number of nitrogens with one attached hydrogen (secondary N) is 2.